The van der Waals surface area contributed by atoms with Crippen LogP contribution in [0.5, 0.6) is 0 Å². The Labute approximate surface area is 170 Å². The van der Waals surface area contributed by atoms with E-state index in [4.69, 9.17) is 0 Å². The highest BCUT2D eigenvalue weighted by atomic mass is 32.2. The van der Waals surface area contributed by atoms with Gasteiger partial charge in [0.25, 0.3) is 5.91 Å². The lowest BCUT2D eigenvalue weighted by Crippen LogP contribution is -2.31. The molecule has 1 amide bonds. The highest BCUT2D eigenvalue weighted by Gasteiger charge is 2.28. The van der Waals surface area contributed by atoms with Crippen LogP contribution in [0.2, 0.25) is 0 Å². The van der Waals surface area contributed by atoms with Crippen molar-refractivity contribution in [3.8, 4) is 0 Å². The predicted octanol–water partition coefficient (Wildman–Crippen LogP) is 2.48. The van der Waals surface area contributed by atoms with Gasteiger partial charge in [0.2, 0.25) is 10.0 Å². The summed E-state index contributed by atoms with van der Waals surface area (Å²) in [7, 11) is -1.36. The van der Waals surface area contributed by atoms with E-state index in [1.165, 1.54) is 4.31 Å². The van der Waals surface area contributed by atoms with Gasteiger partial charge in [0.05, 0.1) is 11.4 Å². The van der Waals surface area contributed by atoms with Gasteiger partial charge in [0.15, 0.2) is 0 Å². The van der Waals surface area contributed by atoms with Crippen LogP contribution in [-0.2, 0) is 17.1 Å². The molecule has 0 radical (unpaired) electrons. The number of anilines is 1. The van der Waals surface area contributed by atoms with Gasteiger partial charge in [-0.15, -0.1) is 0 Å². The fraction of sp³-hybridized carbons (Fsp3) is 0.238. The van der Waals surface area contributed by atoms with Crippen LogP contribution < -0.4 is 9.62 Å². The molecule has 0 spiro atoms. The van der Waals surface area contributed by atoms with Gasteiger partial charge in [0, 0.05) is 31.5 Å². The first-order valence-corrected chi connectivity index (χ1v) is 11.0. The van der Waals surface area contributed by atoms with Crippen molar-refractivity contribution in [3.63, 3.8) is 0 Å². The first-order chi connectivity index (χ1) is 14.0. The fourth-order valence-corrected chi connectivity index (χ4v) is 5.09. The number of amides is 1. The number of imidazole rings is 1. The molecule has 1 aromatic heterocycles. The van der Waals surface area contributed by atoms with E-state index in [2.05, 4.69) is 10.3 Å². The summed E-state index contributed by atoms with van der Waals surface area (Å²) in [5, 5.41) is 3.04. The number of carbonyl (C=O) groups is 1. The summed E-state index contributed by atoms with van der Waals surface area (Å²) in [6.45, 7) is 0.475. The molecule has 8 heteroatoms. The van der Waals surface area contributed by atoms with E-state index in [1.54, 1.807) is 30.5 Å². The van der Waals surface area contributed by atoms with E-state index >= 15 is 0 Å². The Bertz CT molecular complexity index is 1110. The van der Waals surface area contributed by atoms with Crippen molar-refractivity contribution >= 4 is 21.6 Å². The summed E-state index contributed by atoms with van der Waals surface area (Å²) in [4.78, 5) is 17.3. The van der Waals surface area contributed by atoms with Crippen LogP contribution in [0, 0.1) is 0 Å². The van der Waals surface area contributed by atoms with Crippen molar-refractivity contribution in [1.29, 1.82) is 0 Å². The molecule has 3 aromatic rings. The molecule has 0 aliphatic carbocycles. The smallest absolute Gasteiger partial charge is 0.252 e. The van der Waals surface area contributed by atoms with Crippen LogP contribution in [0.1, 0.15) is 34.2 Å². The monoisotopic (exact) mass is 410 g/mol. The highest BCUT2D eigenvalue weighted by Crippen LogP contribution is 2.25. The van der Waals surface area contributed by atoms with E-state index in [0.29, 0.717) is 24.2 Å². The first-order valence-electron chi connectivity index (χ1n) is 9.39. The van der Waals surface area contributed by atoms with Crippen LogP contribution in [0.4, 0.5) is 5.69 Å². The van der Waals surface area contributed by atoms with Crippen molar-refractivity contribution < 1.29 is 13.2 Å². The normalized spacial score (nSPS) is 16.5. The van der Waals surface area contributed by atoms with Gasteiger partial charge < -0.3 is 9.88 Å². The van der Waals surface area contributed by atoms with Crippen LogP contribution in [-0.4, -0.2) is 36.2 Å². The third-order valence-electron chi connectivity index (χ3n) is 5.04. The molecule has 150 valence electrons. The number of sulfonamides is 1. The Morgan fingerprint density at radius 1 is 1.10 bits per heavy atom. The van der Waals surface area contributed by atoms with Gasteiger partial charge in [-0.2, -0.15) is 0 Å². The number of benzene rings is 2. The summed E-state index contributed by atoms with van der Waals surface area (Å²) in [6, 6.07) is 15.9. The van der Waals surface area contributed by atoms with Gasteiger partial charge in [-0.1, -0.05) is 30.3 Å². The fourth-order valence-electron chi connectivity index (χ4n) is 3.52. The van der Waals surface area contributed by atoms with E-state index in [-0.39, 0.29) is 11.7 Å². The second-order valence-corrected chi connectivity index (χ2v) is 9.01. The minimum Gasteiger partial charge on any atom is -0.338 e. The summed E-state index contributed by atoms with van der Waals surface area (Å²) < 4.78 is 27.4. The molecule has 4 rings (SSSR count). The van der Waals surface area contributed by atoms with Crippen molar-refractivity contribution in [3.05, 3.63) is 83.9 Å². The average molecular weight is 410 g/mol. The number of hydrogen-bond acceptors (Lipinski definition) is 4. The minimum atomic E-state index is -3.24. The number of carbonyl (C=O) groups excluding carboxylic acids is 1. The Hall–Kier alpha value is -3.13. The van der Waals surface area contributed by atoms with Gasteiger partial charge in [-0.05, 0) is 36.2 Å². The van der Waals surface area contributed by atoms with Crippen LogP contribution in [0.15, 0.2) is 67.0 Å². The molecule has 1 N–H and O–H groups in total. The number of hydrogen-bond donors (Lipinski definition) is 1. The number of nitrogens with one attached hydrogen (secondary N) is 1. The molecule has 29 heavy (non-hydrogen) atoms. The molecule has 1 aliphatic rings. The first kappa shape index (κ1) is 19.2. The molecule has 2 heterocycles. The second-order valence-electron chi connectivity index (χ2n) is 7.00. The summed E-state index contributed by atoms with van der Waals surface area (Å²) in [6.07, 6.45) is 4.15. The largest absolute Gasteiger partial charge is 0.338 e. The summed E-state index contributed by atoms with van der Waals surface area (Å²) >= 11 is 0. The van der Waals surface area contributed by atoms with Crippen LogP contribution in [0.25, 0.3) is 0 Å². The second kappa shape index (κ2) is 7.71. The molecule has 1 atom stereocenters. The maximum atomic E-state index is 12.9. The van der Waals surface area contributed by atoms with Gasteiger partial charge in [-0.3, -0.25) is 9.10 Å². The van der Waals surface area contributed by atoms with Crippen molar-refractivity contribution in [1.82, 2.24) is 14.9 Å². The molecule has 1 unspecified atom stereocenters. The zero-order chi connectivity index (χ0) is 20.4. The minimum absolute atomic E-state index is 0.164. The molecule has 0 saturated carbocycles. The van der Waals surface area contributed by atoms with E-state index in [0.717, 1.165) is 11.4 Å². The summed E-state index contributed by atoms with van der Waals surface area (Å²) in [5.41, 5.74) is 1.97. The third kappa shape index (κ3) is 3.88. The van der Waals surface area contributed by atoms with Gasteiger partial charge in [0.1, 0.15) is 11.9 Å². The molecule has 2 aromatic carbocycles. The zero-order valence-corrected chi connectivity index (χ0v) is 16.8. The lowest BCUT2D eigenvalue weighted by atomic mass is 10.1. The van der Waals surface area contributed by atoms with Crippen molar-refractivity contribution in [2.24, 2.45) is 7.05 Å². The maximum absolute atomic E-state index is 12.9. The third-order valence-corrected chi connectivity index (χ3v) is 6.91. The number of aromatic nitrogens is 2. The molecular weight excluding hydrogens is 388 g/mol. The maximum Gasteiger partial charge on any atom is 0.252 e. The zero-order valence-electron chi connectivity index (χ0n) is 16.0. The molecule has 1 saturated heterocycles. The highest BCUT2D eigenvalue weighted by molar-refractivity contribution is 7.93. The number of nitrogens with zero attached hydrogens (tertiary/aromatic N) is 3. The Kier molecular flexibility index (Phi) is 5.10. The van der Waals surface area contributed by atoms with E-state index in [1.807, 2.05) is 48.1 Å². The number of rotatable bonds is 5. The topological polar surface area (TPSA) is 84.3 Å². The molecule has 1 aliphatic heterocycles. The quantitative estimate of drug-likeness (QED) is 0.700. The molecule has 0 bridgehead atoms. The van der Waals surface area contributed by atoms with Crippen LogP contribution in [0.3, 0.4) is 0 Å². The molecular formula is C21H22N4O3S. The molecule has 7 nitrogen and oxygen atoms in total. The van der Waals surface area contributed by atoms with Gasteiger partial charge in [-0.25, -0.2) is 13.4 Å². The standard InChI is InChI=1S/C21H22N4O3S/c1-24-14-12-22-20(24)19(16-6-3-2-4-7-16)23-21(26)17-8-10-18(11-9-17)25-13-5-15-29(25,27)28/h2-4,6-12,14,19H,5,13,15H2,1H3,(H,23,26). The number of aryl methyl sites for hydroxylation is 1. The molecule has 1 fully saturated rings. The van der Waals surface area contributed by atoms with Crippen molar-refractivity contribution in [2.45, 2.75) is 12.5 Å². The average Bonchev–Trinajstić information content (AvgIpc) is 3.31. The Balaban J connectivity index is 1.57. The summed E-state index contributed by atoms with van der Waals surface area (Å²) in [5.74, 6) is 0.638. The van der Waals surface area contributed by atoms with Crippen molar-refractivity contribution in [2.75, 3.05) is 16.6 Å². The lowest BCUT2D eigenvalue weighted by molar-refractivity contribution is 0.0941. The van der Waals surface area contributed by atoms with E-state index < -0.39 is 16.1 Å². The van der Waals surface area contributed by atoms with Gasteiger partial charge >= 0.3 is 0 Å². The SMILES string of the molecule is Cn1ccnc1C(NC(=O)c1ccc(N2CCCS2(=O)=O)cc1)c1ccccc1. The predicted molar refractivity (Wildman–Crippen MR) is 111 cm³/mol. The van der Waals surface area contributed by atoms with E-state index in [9.17, 15) is 13.2 Å². The van der Waals surface area contributed by atoms with Crippen LogP contribution >= 0.6 is 0 Å². The Morgan fingerprint density at radius 3 is 2.41 bits per heavy atom. The Morgan fingerprint density at radius 2 is 1.83 bits per heavy atom. The lowest BCUT2D eigenvalue weighted by Gasteiger charge is -2.20.